The van der Waals surface area contributed by atoms with Gasteiger partial charge in [0.15, 0.2) is 0 Å². The van der Waals surface area contributed by atoms with Crippen LogP contribution >= 0.6 is 11.3 Å². The molecule has 1 saturated heterocycles. The van der Waals surface area contributed by atoms with Crippen molar-refractivity contribution in [2.24, 2.45) is 11.5 Å². The molecule has 1 fully saturated rings. The fraction of sp³-hybridized carbons (Fsp3) is 0.429. The molecule has 1 aliphatic rings. The number of halogens is 3. The van der Waals surface area contributed by atoms with E-state index in [1.165, 1.54) is 0 Å². The molecule has 0 radical (unpaired) electrons. The van der Waals surface area contributed by atoms with Crippen LogP contribution in [-0.4, -0.2) is 30.2 Å². The predicted octanol–water partition coefficient (Wildman–Crippen LogP) is 2.28. The molecule has 1 aliphatic heterocycles. The van der Waals surface area contributed by atoms with Crippen molar-refractivity contribution in [3.63, 3.8) is 0 Å². The second-order valence-corrected chi connectivity index (χ2v) is 6.72. The molecule has 1 amide bonds. The van der Waals surface area contributed by atoms with E-state index in [2.05, 4.69) is 4.98 Å². The van der Waals surface area contributed by atoms with Gasteiger partial charge in [-0.3, -0.25) is 0 Å². The van der Waals surface area contributed by atoms with E-state index in [4.69, 9.17) is 21.9 Å². The molecule has 0 aliphatic carbocycles. The molecular weight excluding hydrogens is 359 g/mol. The molecule has 2 aromatic rings. The molecule has 3 rings (SSSR count). The molecule has 0 spiro atoms. The number of rotatable bonds is 2. The molecule has 0 atom stereocenters. The number of hydrogen-bond donors (Lipinski definition) is 3. The highest BCUT2D eigenvalue weighted by molar-refractivity contribution is 7.21. The zero-order valence-corrected chi connectivity index (χ0v) is 13.8. The SMILES string of the molecule is NC(=O)Oc1sc2nc(N3CCC(N)CC3)cc(C(F)(F)F)c2c1N. The van der Waals surface area contributed by atoms with E-state index in [0.717, 1.165) is 17.4 Å². The van der Waals surface area contributed by atoms with Crippen LogP contribution < -0.4 is 26.8 Å². The lowest BCUT2D eigenvalue weighted by molar-refractivity contribution is -0.136. The maximum atomic E-state index is 13.5. The zero-order valence-electron chi connectivity index (χ0n) is 13.0. The van der Waals surface area contributed by atoms with E-state index in [1.807, 2.05) is 0 Å². The Labute approximate surface area is 144 Å². The number of thiophene rings is 1. The summed E-state index contributed by atoms with van der Waals surface area (Å²) in [6.07, 6.45) is -4.45. The van der Waals surface area contributed by atoms with Gasteiger partial charge in [0.05, 0.1) is 16.6 Å². The summed E-state index contributed by atoms with van der Waals surface area (Å²) in [5, 5.41) is -0.482. The Morgan fingerprint density at radius 3 is 2.56 bits per heavy atom. The van der Waals surface area contributed by atoms with Gasteiger partial charge in [0.2, 0.25) is 5.06 Å². The maximum Gasteiger partial charge on any atom is 0.417 e. The first-order valence-corrected chi connectivity index (χ1v) is 8.26. The van der Waals surface area contributed by atoms with E-state index >= 15 is 0 Å². The van der Waals surface area contributed by atoms with Crippen LogP contribution in [0, 0.1) is 0 Å². The van der Waals surface area contributed by atoms with Crippen LogP contribution in [0.15, 0.2) is 6.07 Å². The van der Waals surface area contributed by atoms with Gasteiger partial charge in [-0.25, -0.2) is 9.78 Å². The fourth-order valence-corrected chi connectivity index (χ4v) is 3.74. The lowest BCUT2D eigenvalue weighted by Gasteiger charge is -2.31. The van der Waals surface area contributed by atoms with E-state index in [1.54, 1.807) is 4.90 Å². The number of nitrogen functional groups attached to an aromatic ring is 1. The van der Waals surface area contributed by atoms with E-state index < -0.39 is 17.8 Å². The zero-order chi connectivity index (χ0) is 18.4. The van der Waals surface area contributed by atoms with Gasteiger partial charge >= 0.3 is 12.3 Å². The van der Waals surface area contributed by atoms with Crippen molar-refractivity contribution in [1.29, 1.82) is 0 Å². The number of alkyl halides is 3. The molecule has 7 nitrogen and oxygen atoms in total. The van der Waals surface area contributed by atoms with Crippen molar-refractivity contribution in [2.45, 2.75) is 25.1 Å². The Hall–Kier alpha value is -2.27. The van der Waals surface area contributed by atoms with Crippen LogP contribution in [0.2, 0.25) is 0 Å². The van der Waals surface area contributed by atoms with Gasteiger partial charge in [-0.05, 0) is 18.9 Å². The molecule has 0 bridgehead atoms. The molecule has 25 heavy (non-hydrogen) atoms. The summed E-state index contributed by atoms with van der Waals surface area (Å²) in [4.78, 5) is 17.0. The minimum Gasteiger partial charge on any atom is -0.397 e. The predicted molar refractivity (Wildman–Crippen MR) is 88.7 cm³/mol. The average molecular weight is 375 g/mol. The quantitative estimate of drug-likeness (QED) is 0.741. The highest BCUT2D eigenvalue weighted by atomic mass is 32.1. The van der Waals surface area contributed by atoms with Gasteiger partial charge in [-0.2, -0.15) is 13.2 Å². The second kappa shape index (κ2) is 6.23. The number of ether oxygens (including phenoxy) is 1. The molecule has 6 N–H and O–H groups in total. The molecule has 11 heteroatoms. The monoisotopic (exact) mass is 375 g/mol. The fourth-order valence-electron chi connectivity index (χ4n) is 2.77. The smallest absolute Gasteiger partial charge is 0.397 e. The summed E-state index contributed by atoms with van der Waals surface area (Å²) in [5.74, 6) is 0.193. The highest BCUT2D eigenvalue weighted by Gasteiger charge is 2.36. The second-order valence-electron chi connectivity index (χ2n) is 5.75. The summed E-state index contributed by atoms with van der Waals surface area (Å²) >= 11 is 0.751. The first kappa shape index (κ1) is 17.5. The van der Waals surface area contributed by atoms with Crippen molar-refractivity contribution in [3.05, 3.63) is 11.6 Å². The van der Waals surface area contributed by atoms with Crippen LogP contribution in [-0.2, 0) is 6.18 Å². The van der Waals surface area contributed by atoms with Crippen LogP contribution in [0.25, 0.3) is 10.2 Å². The van der Waals surface area contributed by atoms with Crippen molar-refractivity contribution >= 4 is 39.2 Å². The Balaban J connectivity index is 2.13. The van der Waals surface area contributed by atoms with E-state index in [0.29, 0.717) is 25.9 Å². The Morgan fingerprint density at radius 2 is 2.00 bits per heavy atom. The maximum absolute atomic E-state index is 13.5. The van der Waals surface area contributed by atoms with Gasteiger partial charge in [0, 0.05) is 19.1 Å². The molecule has 2 aromatic heterocycles. The number of anilines is 2. The standard InChI is InChI=1S/C14H16F3N5O2S/c15-14(16,17)7-5-8(22-3-1-6(18)2-4-22)21-11-9(7)10(19)12(25-11)24-13(20)23/h5-6H,1-4,18-19H2,(H2,20,23). The third kappa shape index (κ3) is 3.42. The third-order valence-corrected chi connectivity index (χ3v) is 4.99. The number of nitrogens with two attached hydrogens (primary N) is 3. The van der Waals surface area contributed by atoms with Crippen LogP contribution in [0.3, 0.4) is 0 Å². The number of carbonyl (C=O) groups is 1. The normalized spacial score (nSPS) is 16.4. The van der Waals surface area contributed by atoms with E-state index in [9.17, 15) is 18.0 Å². The Morgan fingerprint density at radius 1 is 1.36 bits per heavy atom. The number of piperidine rings is 1. The number of amides is 1. The third-order valence-electron chi connectivity index (χ3n) is 4.01. The van der Waals surface area contributed by atoms with Crippen LogP contribution in [0.5, 0.6) is 5.06 Å². The number of pyridine rings is 1. The average Bonchev–Trinajstić information content (AvgIpc) is 2.81. The highest BCUT2D eigenvalue weighted by Crippen LogP contribution is 2.46. The van der Waals surface area contributed by atoms with Gasteiger partial charge in [0.1, 0.15) is 10.6 Å². The van der Waals surface area contributed by atoms with Crippen LogP contribution in [0.1, 0.15) is 18.4 Å². The molecule has 3 heterocycles. The topological polar surface area (TPSA) is 120 Å². The molecule has 0 saturated carbocycles. The van der Waals surface area contributed by atoms with Crippen molar-refractivity contribution in [1.82, 2.24) is 4.98 Å². The van der Waals surface area contributed by atoms with Crippen LogP contribution in [0.4, 0.5) is 29.5 Å². The van der Waals surface area contributed by atoms with Crippen molar-refractivity contribution in [2.75, 3.05) is 23.7 Å². The van der Waals surface area contributed by atoms with E-state index in [-0.39, 0.29) is 32.8 Å². The molecule has 0 aromatic carbocycles. The first-order valence-electron chi connectivity index (χ1n) is 7.45. The summed E-state index contributed by atoms with van der Waals surface area (Å²) < 4.78 is 45.3. The number of carbonyl (C=O) groups excluding carboxylic acids is 1. The minimum atomic E-state index is -4.64. The van der Waals surface area contributed by atoms with Gasteiger partial charge in [-0.1, -0.05) is 11.3 Å². The minimum absolute atomic E-state index is 0.0356. The Kier molecular flexibility index (Phi) is 4.37. The largest absolute Gasteiger partial charge is 0.417 e. The van der Waals surface area contributed by atoms with Gasteiger partial charge in [0.25, 0.3) is 0 Å². The summed E-state index contributed by atoms with van der Waals surface area (Å²) in [5.41, 5.74) is 15.3. The summed E-state index contributed by atoms with van der Waals surface area (Å²) in [7, 11) is 0. The number of aromatic nitrogens is 1. The number of fused-ring (bicyclic) bond motifs is 1. The number of hydrogen-bond acceptors (Lipinski definition) is 7. The van der Waals surface area contributed by atoms with Crippen molar-refractivity contribution < 1.29 is 22.7 Å². The molecule has 0 unspecified atom stereocenters. The molecular formula is C14H16F3N5O2S. The lowest BCUT2D eigenvalue weighted by Crippen LogP contribution is -2.40. The number of primary amides is 1. The lowest BCUT2D eigenvalue weighted by atomic mass is 10.1. The number of nitrogens with zero attached hydrogens (tertiary/aromatic N) is 2. The van der Waals surface area contributed by atoms with Gasteiger partial charge < -0.3 is 26.8 Å². The van der Waals surface area contributed by atoms with Gasteiger partial charge in [-0.15, -0.1) is 0 Å². The van der Waals surface area contributed by atoms with Crippen molar-refractivity contribution in [3.8, 4) is 5.06 Å². The summed E-state index contributed by atoms with van der Waals surface area (Å²) in [6, 6.07) is 1.01. The first-order chi connectivity index (χ1) is 11.7. The molecule has 136 valence electrons. The summed E-state index contributed by atoms with van der Waals surface area (Å²) in [6.45, 7) is 1.03. The Bertz CT molecular complexity index is 815.